The third-order valence-electron chi connectivity index (χ3n) is 4.23. The molecule has 0 aliphatic heterocycles. The molecule has 5 heteroatoms. The summed E-state index contributed by atoms with van der Waals surface area (Å²) in [5, 5.41) is 5.35. The molecule has 1 saturated carbocycles. The van der Waals surface area contributed by atoms with Gasteiger partial charge in [-0.05, 0) is 42.2 Å². The van der Waals surface area contributed by atoms with Crippen molar-refractivity contribution in [3.63, 3.8) is 0 Å². The van der Waals surface area contributed by atoms with Crippen molar-refractivity contribution in [2.24, 2.45) is 5.92 Å². The van der Waals surface area contributed by atoms with Gasteiger partial charge in [0.25, 0.3) is 0 Å². The fraction of sp³-hybridized carbons (Fsp3) is 0.158. The second-order valence-corrected chi connectivity index (χ2v) is 6.75. The lowest BCUT2D eigenvalue weighted by Crippen LogP contribution is -2.14. The van der Waals surface area contributed by atoms with Crippen LogP contribution in [-0.2, 0) is 4.79 Å². The van der Waals surface area contributed by atoms with Crippen LogP contribution in [0.25, 0.3) is 11.3 Å². The maximum atomic E-state index is 13.0. The predicted molar refractivity (Wildman–Crippen MR) is 93.4 cm³/mol. The first kappa shape index (κ1) is 15.0. The molecule has 0 unspecified atom stereocenters. The van der Waals surface area contributed by atoms with Crippen molar-refractivity contribution in [1.82, 2.24) is 4.98 Å². The minimum absolute atomic E-state index is 0.0175. The van der Waals surface area contributed by atoms with Crippen LogP contribution in [0.3, 0.4) is 0 Å². The third-order valence-corrected chi connectivity index (χ3v) is 4.99. The molecule has 3 aromatic rings. The van der Waals surface area contributed by atoms with Crippen molar-refractivity contribution in [2.75, 3.05) is 5.32 Å². The summed E-state index contributed by atoms with van der Waals surface area (Å²) in [6.45, 7) is 0. The molecule has 2 atom stereocenters. The van der Waals surface area contributed by atoms with E-state index in [4.69, 9.17) is 0 Å². The van der Waals surface area contributed by atoms with Gasteiger partial charge < -0.3 is 5.32 Å². The number of rotatable bonds is 4. The number of nitrogens with zero attached hydrogens (tertiary/aromatic N) is 1. The molecule has 0 saturated heterocycles. The van der Waals surface area contributed by atoms with Crippen molar-refractivity contribution in [2.45, 2.75) is 12.3 Å². The summed E-state index contributed by atoms with van der Waals surface area (Å²) in [4.78, 5) is 16.8. The molecule has 0 radical (unpaired) electrons. The Morgan fingerprint density at radius 2 is 1.88 bits per heavy atom. The van der Waals surface area contributed by atoms with Crippen LogP contribution in [0.1, 0.15) is 17.9 Å². The van der Waals surface area contributed by atoms with E-state index in [1.807, 2.05) is 23.6 Å². The molecular weight excluding hydrogens is 323 g/mol. The molecule has 0 bridgehead atoms. The fourth-order valence-electron chi connectivity index (χ4n) is 2.84. The molecular formula is C19H15FN2OS. The van der Waals surface area contributed by atoms with Crippen LogP contribution in [0, 0.1) is 11.7 Å². The highest BCUT2D eigenvalue weighted by atomic mass is 32.1. The topological polar surface area (TPSA) is 42.0 Å². The first-order chi connectivity index (χ1) is 11.7. The summed E-state index contributed by atoms with van der Waals surface area (Å²) < 4.78 is 13.0. The maximum absolute atomic E-state index is 13.0. The lowest BCUT2D eigenvalue weighted by molar-refractivity contribution is -0.117. The fourth-order valence-corrected chi connectivity index (χ4v) is 3.56. The molecule has 120 valence electrons. The minimum Gasteiger partial charge on any atom is -0.302 e. The summed E-state index contributed by atoms with van der Waals surface area (Å²) in [7, 11) is 0. The van der Waals surface area contributed by atoms with Crippen LogP contribution in [-0.4, -0.2) is 10.9 Å². The molecule has 1 fully saturated rings. The van der Waals surface area contributed by atoms with Crippen LogP contribution in [0.4, 0.5) is 9.52 Å². The number of carbonyl (C=O) groups excluding carboxylic acids is 1. The van der Waals surface area contributed by atoms with Gasteiger partial charge in [-0.15, -0.1) is 11.3 Å². The number of carbonyl (C=O) groups is 1. The highest BCUT2D eigenvalue weighted by molar-refractivity contribution is 7.14. The molecule has 1 amide bonds. The number of anilines is 1. The van der Waals surface area contributed by atoms with Gasteiger partial charge >= 0.3 is 0 Å². The number of thiazole rings is 1. The monoisotopic (exact) mass is 338 g/mol. The van der Waals surface area contributed by atoms with E-state index in [1.54, 1.807) is 12.1 Å². The third kappa shape index (κ3) is 3.08. The van der Waals surface area contributed by atoms with E-state index < -0.39 is 0 Å². The molecule has 4 rings (SSSR count). The summed E-state index contributed by atoms with van der Waals surface area (Å²) >= 11 is 1.38. The number of hydrogen-bond acceptors (Lipinski definition) is 3. The number of benzene rings is 2. The van der Waals surface area contributed by atoms with Crippen molar-refractivity contribution in [1.29, 1.82) is 0 Å². The van der Waals surface area contributed by atoms with Crippen LogP contribution in [0.5, 0.6) is 0 Å². The number of hydrogen-bond donors (Lipinski definition) is 1. The van der Waals surface area contributed by atoms with Crippen LogP contribution < -0.4 is 5.32 Å². The van der Waals surface area contributed by atoms with E-state index in [0.717, 1.165) is 17.7 Å². The summed E-state index contributed by atoms with van der Waals surface area (Å²) in [6, 6.07) is 16.3. The van der Waals surface area contributed by atoms with E-state index >= 15 is 0 Å². The molecule has 1 aromatic heterocycles. The highest BCUT2D eigenvalue weighted by Gasteiger charge is 2.44. The zero-order chi connectivity index (χ0) is 16.5. The molecule has 2 aromatic carbocycles. The minimum atomic E-state index is -0.275. The van der Waals surface area contributed by atoms with E-state index in [0.29, 0.717) is 11.0 Å². The van der Waals surface area contributed by atoms with Gasteiger partial charge in [0, 0.05) is 16.9 Å². The van der Waals surface area contributed by atoms with E-state index in [1.165, 1.54) is 29.0 Å². The van der Waals surface area contributed by atoms with Crippen LogP contribution in [0.15, 0.2) is 60.0 Å². The normalized spacial score (nSPS) is 19.0. The SMILES string of the molecule is O=C(Nc1nc(-c2ccc(F)cc2)cs1)[C@@H]1C[C@@H]1c1ccccc1. The molecule has 1 N–H and O–H groups in total. The van der Waals surface area contributed by atoms with Gasteiger partial charge in [-0.1, -0.05) is 30.3 Å². The summed E-state index contributed by atoms with van der Waals surface area (Å²) in [5.74, 6) is 0.0698. The second-order valence-electron chi connectivity index (χ2n) is 5.89. The Bertz CT molecular complexity index is 861. The van der Waals surface area contributed by atoms with Crippen LogP contribution in [0.2, 0.25) is 0 Å². The van der Waals surface area contributed by atoms with E-state index in [2.05, 4.69) is 22.4 Å². The Morgan fingerprint density at radius 3 is 2.62 bits per heavy atom. The Hall–Kier alpha value is -2.53. The van der Waals surface area contributed by atoms with Gasteiger partial charge in [-0.3, -0.25) is 4.79 Å². The maximum Gasteiger partial charge on any atom is 0.229 e. The summed E-state index contributed by atoms with van der Waals surface area (Å²) in [6.07, 6.45) is 0.881. The Kier molecular flexibility index (Phi) is 3.86. The summed E-state index contributed by atoms with van der Waals surface area (Å²) in [5.41, 5.74) is 2.79. The van der Waals surface area contributed by atoms with E-state index in [-0.39, 0.29) is 17.6 Å². The molecule has 1 aliphatic rings. The van der Waals surface area contributed by atoms with Gasteiger partial charge in [0.2, 0.25) is 5.91 Å². The van der Waals surface area contributed by atoms with Gasteiger partial charge in [-0.2, -0.15) is 0 Å². The van der Waals surface area contributed by atoms with Crippen molar-refractivity contribution in [3.8, 4) is 11.3 Å². The predicted octanol–water partition coefficient (Wildman–Crippen LogP) is 4.69. The first-order valence-electron chi connectivity index (χ1n) is 7.78. The van der Waals surface area contributed by atoms with Gasteiger partial charge in [0.15, 0.2) is 5.13 Å². The Labute approximate surface area is 143 Å². The molecule has 0 spiro atoms. The number of halogens is 1. The Morgan fingerprint density at radius 1 is 1.12 bits per heavy atom. The highest BCUT2D eigenvalue weighted by Crippen LogP contribution is 2.48. The molecule has 3 nitrogen and oxygen atoms in total. The standard InChI is InChI=1S/C19H15FN2OS/c20-14-8-6-13(7-9-14)17-11-24-19(21-17)22-18(23)16-10-15(16)12-4-2-1-3-5-12/h1-9,11,15-16H,10H2,(H,21,22,23)/t15-,16-/m1/s1. The van der Waals surface area contributed by atoms with Crippen molar-refractivity contribution >= 4 is 22.4 Å². The van der Waals surface area contributed by atoms with Gasteiger partial charge in [0.1, 0.15) is 5.82 Å². The van der Waals surface area contributed by atoms with Gasteiger partial charge in [0.05, 0.1) is 5.69 Å². The first-order valence-corrected chi connectivity index (χ1v) is 8.66. The smallest absolute Gasteiger partial charge is 0.229 e. The quantitative estimate of drug-likeness (QED) is 0.750. The van der Waals surface area contributed by atoms with Gasteiger partial charge in [-0.25, -0.2) is 9.37 Å². The zero-order valence-corrected chi connectivity index (χ0v) is 13.6. The van der Waals surface area contributed by atoms with E-state index in [9.17, 15) is 9.18 Å². The lowest BCUT2D eigenvalue weighted by Gasteiger charge is -2.01. The average molecular weight is 338 g/mol. The van der Waals surface area contributed by atoms with Crippen molar-refractivity contribution in [3.05, 3.63) is 71.4 Å². The van der Waals surface area contributed by atoms with Crippen molar-refractivity contribution < 1.29 is 9.18 Å². The lowest BCUT2D eigenvalue weighted by atomic mass is 10.1. The zero-order valence-electron chi connectivity index (χ0n) is 12.8. The largest absolute Gasteiger partial charge is 0.302 e. The molecule has 1 heterocycles. The molecule has 1 aliphatic carbocycles. The number of aromatic nitrogens is 1. The number of amides is 1. The second kappa shape index (κ2) is 6.17. The Balaban J connectivity index is 1.41. The molecule has 24 heavy (non-hydrogen) atoms. The number of nitrogens with one attached hydrogen (secondary N) is 1. The average Bonchev–Trinajstić information content (AvgIpc) is 3.29. The van der Waals surface area contributed by atoms with Crippen LogP contribution >= 0.6 is 11.3 Å².